The third kappa shape index (κ3) is 4.19. The van der Waals surface area contributed by atoms with Gasteiger partial charge in [0.15, 0.2) is 0 Å². The highest BCUT2D eigenvalue weighted by atomic mass is 32.2. The first-order valence-corrected chi connectivity index (χ1v) is 8.06. The normalized spacial score (nSPS) is 12.4. The van der Waals surface area contributed by atoms with E-state index in [2.05, 4.69) is 4.72 Å². The Labute approximate surface area is 121 Å². The molecular formula is C14H23NO4S. The summed E-state index contributed by atoms with van der Waals surface area (Å²) in [5.74, 6) is 0.472. The lowest BCUT2D eigenvalue weighted by Crippen LogP contribution is -2.43. The number of aliphatic hydroxyl groups excluding tert-OH is 1. The molecule has 0 spiro atoms. The Bertz CT molecular complexity index is 552. The van der Waals surface area contributed by atoms with Crippen molar-refractivity contribution in [3.05, 3.63) is 23.8 Å². The lowest BCUT2D eigenvalue weighted by Gasteiger charge is -2.25. The molecule has 0 aliphatic heterocycles. The summed E-state index contributed by atoms with van der Waals surface area (Å²) >= 11 is 0. The van der Waals surface area contributed by atoms with Crippen LogP contribution in [0.4, 0.5) is 0 Å². The van der Waals surface area contributed by atoms with Gasteiger partial charge in [-0.3, -0.25) is 0 Å². The summed E-state index contributed by atoms with van der Waals surface area (Å²) in [5.41, 5.74) is -0.0592. The Morgan fingerprint density at radius 1 is 1.35 bits per heavy atom. The Morgan fingerprint density at radius 2 is 2.00 bits per heavy atom. The average Bonchev–Trinajstić information content (AvgIpc) is 2.36. The van der Waals surface area contributed by atoms with Crippen LogP contribution in [-0.4, -0.2) is 26.2 Å². The van der Waals surface area contributed by atoms with Crippen molar-refractivity contribution in [2.45, 2.75) is 50.7 Å². The van der Waals surface area contributed by atoms with Crippen LogP contribution in [0.5, 0.6) is 5.75 Å². The second kappa shape index (κ2) is 6.56. The number of methoxy groups -OCH3 is 1. The van der Waals surface area contributed by atoms with E-state index in [-0.39, 0.29) is 11.5 Å². The highest BCUT2D eigenvalue weighted by Gasteiger charge is 2.25. The van der Waals surface area contributed by atoms with Gasteiger partial charge < -0.3 is 9.84 Å². The predicted octanol–water partition coefficient (Wildman–Crippen LogP) is 2.04. The van der Waals surface area contributed by atoms with Gasteiger partial charge in [-0.1, -0.05) is 13.3 Å². The number of ether oxygens (including phenoxy) is 1. The van der Waals surface area contributed by atoms with Gasteiger partial charge in [-0.25, -0.2) is 13.1 Å². The maximum absolute atomic E-state index is 12.4. The van der Waals surface area contributed by atoms with E-state index >= 15 is 0 Å². The van der Waals surface area contributed by atoms with Crippen LogP contribution in [0.15, 0.2) is 23.1 Å². The zero-order chi connectivity index (χ0) is 15.4. The Morgan fingerprint density at radius 3 is 2.50 bits per heavy atom. The monoisotopic (exact) mass is 301 g/mol. The van der Waals surface area contributed by atoms with Crippen LogP contribution >= 0.6 is 0 Å². The third-order valence-electron chi connectivity index (χ3n) is 3.02. The highest BCUT2D eigenvalue weighted by Crippen LogP contribution is 2.24. The Hall–Kier alpha value is -1.11. The van der Waals surface area contributed by atoms with Crippen molar-refractivity contribution in [3.63, 3.8) is 0 Å². The molecule has 0 aliphatic rings. The van der Waals surface area contributed by atoms with Crippen LogP contribution in [0.2, 0.25) is 0 Å². The van der Waals surface area contributed by atoms with Gasteiger partial charge in [0, 0.05) is 11.1 Å². The fraction of sp³-hybridized carbons (Fsp3) is 0.571. The van der Waals surface area contributed by atoms with E-state index in [0.29, 0.717) is 11.3 Å². The molecule has 2 N–H and O–H groups in total. The molecule has 0 aromatic heterocycles. The molecule has 0 saturated heterocycles. The van der Waals surface area contributed by atoms with Crippen molar-refractivity contribution < 1.29 is 18.3 Å². The van der Waals surface area contributed by atoms with Crippen LogP contribution in [0, 0.1) is 0 Å². The van der Waals surface area contributed by atoms with Crippen LogP contribution in [0.3, 0.4) is 0 Å². The van der Waals surface area contributed by atoms with Crippen molar-refractivity contribution in [2.75, 3.05) is 7.11 Å². The molecule has 1 aromatic rings. The van der Waals surface area contributed by atoms with Gasteiger partial charge in [-0.2, -0.15) is 0 Å². The second-order valence-corrected chi connectivity index (χ2v) is 7.05. The number of rotatable bonds is 7. The molecule has 0 radical (unpaired) electrons. The number of aliphatic hydroxyl groups is 1. The van der Waals surface area contributed by atoms with Gasteiger partial charge in [0.05, 0.1) is 18.6 Å². The number of benzene rings is 1. The zero-order valence-corrected chi connectivity index (χ0v) is 13.3. The summed E-state index contributed by atoms with van der Waals surface area (Å²) in [5, 5.41) is 9.26. The molecule has 1 aromatic carbocycles. The molecule has 1 rings (SSSR count). The van der Waals surface area contributed by atoms with Gasteiger partial charge in [-0.15, -0.1) is 0 Å². The minimum absolute atomic E-state index is 0.131. The second-order valence-electron chi connectivity index (χ2n) is 5.37. The molecule has 6 heteroatoms. The van der Waals surface area contributed by atoms with E-state index < -0.39 is 15.6 Å². The smallest absolute Gasteiger partial charge is 0.241 e. The highest BCUT2D eigenvalue weighted by molar-refractivity contribution is 7.89. The minimum atomic E-state index is -3.61. The standard InChI is InChI=1S/C14H23NO4S/c1-5-8-14(2,3)15-20(17,18)12-6-7-13(19-4)11(9-12)10-16/h6-7,9,15-16H,5,8,10H2,1-4H3. The molecule has 0 saturated carbocycles. The molecule has 0 amide bonds. The fourth-order valence-electron chi connectivity index (χ4n) is 2.14. The summed E-state index contributed by atoms with van der Waals surface area (Å²) in [6.07, 6.45) is 1.63. The van der Waals surface area contributed by atoms with Gasteiger partial charge in [0.2, 0.25) is 10.0 Å². The van der Waals surface area contributed by atoms with Crippen LogP contribution < -0.4 is 9.46 Å². The van der Waals surface area contributed by atoms with E-state index in [0.717, 1.165) is 12.8 Å². The quantitative estimate of drug-likeness (QED) is 0.808. The first-order valence-electron chi connectivity index (χ1n) is 6.57. The maximum Gasteiger partial charge on any atom is 0.241 e. The van der Waals surface area contributed by atoms with Crippen molar-refractivity contribution in [1.29, 1.82) is 0 Å². The lowest BCUT2D eigenvalue weighted by atomic mass is 10.0. The zero-order valence-electron chi connectivity index (χ0n) is 12.4. The van der Waals surface area contributed by atoms with E-state index in [1.165, 1.54) is 19.2 Å². The molecule has 0 aliphatic carbocycles. The molecule has 0 fully saturated rings. The van der Waals surface area contributed by atoms with Crippen molar-refractivity contribution in [3.8, 4) is 5.75 Å². The van der Waals surface area contributed by atoms with Crippen molar-refractivity contribution in [1.82, 2.24) is 4.72 Å². The summed E-state index contributed by atoms with van der Waals surface area (Å²) in [6.45, 7) is 5.44. The molecule has 0 heterocycles. The molecule has 20 heavy (non-hydrogen) atoms. The fourth-order valence-corrected chi connectivity index (χ4v) is 3.64. The van der Waals surface area contributed by atoms with Gasteiger partial charge in [0.25, 0.3) is 0 Å². The largest absolute Gasteiger partial charge is 0.496 e. The van der Waals surface area contributed by atoms with Gasteiger partial charge in [-0.05, 0) is 38.5 Å². The SMILES string of the molecule is CCCC(C)(C)NS(=O)(=O)c1ccc(OC)c(CO)c1. The molecule has 0 atom stereocenters. The van der Waals surface area contributed by atoms with Gasteiger partial charge >= 0.3 is 0 Å². The summed E-state index contributed by atoms with van der Waals surface area (Å²) < 4.78 is 32.5. The average molecular weight is 301 g/mol. The van der Waals surface area contributed by atoms with Crippen LogP contribution in [0.1, 0.15) is 39.2 Å². The Kier molecular flexibility index (Phi) is 5.56. The Balaban J connectivity index is 3.10. The van der Waals surface area contributed by atoms with Gasteiger partial charge in [0.1, 0.15) is 5.75 Å². The van der Waals surface area contributed by atoms with E-state index in [9.17, 15) is 13.5 Å². The first kappa shape index (κ1) is 16.9. The molecule has 0 bridgehead atoms. The summed E-state index contributed by atoms with van der Waals surface area (Å²) in [4.78, 5) is 0.131. The number of hydrogen-bond donors (Lipinski definition) is 2. The topological polar surface area (TPSA) is 75.6 Å². The van der Waals surface area contributed by atoms with Crippen molar-refractivity contribution in [2.24, 2.45) is 0 Å². The maximum atomic E-state index is 12.4. The molecule has 114 valence electrons. The lowest BCUT2D eigenvalue weighted by molar-refractivity contribution is 0.273. The van der Waals surface area contributed by atoms with E-state index in [1.807, 2.05) is 20.8 Å². The molecular weight excluding hydrogens is 278 g/mol. The number of sulfonamides is 1. The van der Waals surface area contributed by atoms with E-state index in [1.54, 1.807) is 6.07 Å². The number of nitrogens with one attached hydrogen (secondary N) is 1. The first-order chi connectivity index (χ1) is 9.25. The van der Waals surface area contributed by atoms with Crippen LogP contribution in [0.25, 0.3) is 0 Å². The molecule has 0 unspecified atom stereocenters. The van der Waals surface area contributed by atoms with Crippen molar-refractivity contribution >= 4 is 10.0 Å². The summed E-state index contributed by atoms with van der Waals surface area (Å²) in [7, 11) is -2.14. The third-order valence-corrected chi connectivity index (χ3v) is 4.71. The summed E-state index contributed by atoms with van der Waals surface area (Å²) in [6, 6.07) is 4.46. The molecule has 5 nitrogen and oxygen atoms in total. The van der Waals surface area contributed by atoms with Crippen LogP contribution in [-0.2, 0) is 16.6 Å². The number of hydrogen-bond acceptors (Lipinski definition) is 4. The van der Waals surface area contributed by atoms with E-state index in [4.69, 9.17) is 4.74 Å². The predicted molar refractivity (Wildman–Crippen MR) is 78.2 cm³/mol. The minimum Gasteiger partial charge on any atom is -0.496 e.